The van der Waals surface area contributed by atoms with Gasteiger partial charge in [-0.1, -0.05) is 65.7 Å². The van der Waals surface area contributed by atoms with Gasteiger partial charge >= 0.3 is 5.69 Å². The number of anilines is 1. The van der Waals surface area contributed by atoms with E-state index in [2.05, 4.69) is 59.3 Å². The Morgan fingerprint density at radius 1 is 0.800 bits per heavy atom. The van der Waals surface area contributed by atoms with Crippen molar-refractivity contribution in [2.75, 3.05) is 5.32 Å². The van der Waals surface area contributed by atoms with Gasteiger partial charge in [-0.15, -0.1) is 0 Å². The number of benzene rings is 3. The monoisotopic (exact) mass is 462 g/mol. The van der Waals surface area contributed by atoms with Gasteiger partial charge < -0.3 is 9.88 Å². The maximum absolute atomic E-state index is 13.7. The zero-order valence-corrected chi connectivity index (χ0v) is 20.2. The quantitative estimate of drug-likeness (QED) is 0.409. The molecule has 35 heavy (non-hydrogen) atoms. The van der Waals surface area contributed by atoms with E-state index in [1.807, 2.05) is 37.3 Å². The Balaban J connectivity index is 1.86. The van der Waals surface area contributed by atoms with Crippen LogP contribution in [0.1, 0.15) is 28.4 Å². The third-order valence-electron chi connectivity index (χ3n) is 7.03. The van der Waals surface area contributed by atoms with E-state index in [0.717, 1.165) is 39.5 Å². The van der Waals surface area contributed by atoms with Crippen LogP contribution in [0.25, 0.3) is 27.8 Å². The SMILES string of the molecule is Cc1ccc(C2Nc3ccccc3-n3c(-c4cccc(C)c4)c4c(=O)n(C)c(=O)n(C)c4c32)cc1. The first kappa shape index (κ1) is 21.2. The van der Waals surface area contributed by atoms with Crippen molar-refractivity contribution >= 4 is 16.6 Å². The number of nitrogens with zero attached hydrogens (tertiary/aromatic N) is 3. The fourth-order valence-corrected chi connectivity index (χ4v) is 5.29. The normalized spacial score (nSPS) is 14.5. The Bertz CT molecular complexity index is 1750. The minimum absolute atomic E-state index is 0.246. The predicted molar refractivity (Wildman–Crippen MR) is 141 cm³/mol. The third-order valence-corrected chi connectivity index (χ3v) is 7.03. The van der Waals surface area contributed by atoms with E-state index < -0.39 is 0 Å². The molecular weight excluding hydrogens is 436 g/mol. The second-order valence-corrected chi connectivity index (χ2v) is 9.37. The van der Waals surface area contributed by atoms with Crippen molar-refractivity contribution in [2.24, 2.45) is 14.1 Å². The average molecular weight is 463 g/mol. The number of para-hydroxylation sites is 2. The molecule has 0 fully saturated rings. The van der Waals surface area contributed by atoms with E-state index in [-0.39, 0.29) is 17.3 Å². The topological polar surface area (TPSA) is 61.0 Å². The molecule has 1 N–H and O–H groups in total. The molecule has 0 saturated carbocycles. The van der Waals surface area contributed by atoms with E-state index >= 15 is 0 Å². The molecule has 1 unspecified atom stereocenters. The predicted octanol–water partition coefficient (Wildman–Crippen LogP) is 4.83. The highest BCUT2D eigenvalue weighted by Crippen LogP contribution is 2.45. The lowest BCUT2D eigenvalue weighted by molar-refractivity contribution is 0.708. The second-order valence-electron chi connectivity index (χ2n) is 9.37. The van der Waals surface area contributed by atoms with Crippen LogP contribution in [-0.4, -0.2) is 13.7 Å². The highest BCUT2D eigenvalue weighted by molar-refractivity contribution is 5.99. The Hall–Kier alpha value is -4.32. The smallest absolute Gasteiger partial charge is 0.331 e. The van der Waals surface area contributed by atoms with Crippen LogP contribution in [0.15, 0.2) is 82.4 Å². The van der Waals surface area contributed by atoms with Gasteiger partial charge in [0.2, 0.25) is 0 Å². The van der Waals surface area contributed by atoms with Crippen LogP contribution >= 0.6 is 0 Å². The number of rotatable bonds is 2. The van der Waals surface area contributed by atoms with Crippen molar-refractivity contribution in [3.63, 3.8) is 0 Å². The molecule has 0 bridgehead atoms. The Morgan fingerprint density at radius 3 is 2.29 bits per heavy atom. The van der Waals surface area contributed by atoms with Crippen molar-refractivity contribution in [3.8, 4) is 16.9 Å². The summed E-state index contributed by atoms with van der Waals surface area (Å²) in [6.07, 6.45) is 0. The first-order chi connectivity index (χ1) is 16.9. The molecule has 6 rings (SSSR count). The summed E-state index contributed by atoms with van der Waals surface area (Å²) in [7, 11) is 3.29. The average Bonchev–Trinajstić information content (AvgIpc) is 3.23. The van der Waals surface area contributed by atoms with Gasteiger partial charge in [0.15, 0.2) is 0 Å². The van der Waals surface area contributed by atoms with Gasteiger partial charge in [-0.3, -0.25) is 13.9 Å². The van der Waals surface area contributed by atoms with Crippen molar-refractivity contribution < 1.29 is 0 Å². The Labute approximate surface area is 202 Å². The number of hydrogen-bond acceptors (Lipinski definition) is 3. The molecule has 1 aliphatic heterocycles. The fourth-order valence-electron chi connectivity index (χ4n) is 5.29. The first-order valence-corrected chi connectivity index (χ1v) is 11.7. The molecule has 0 spiro atoms. The van der Waals surface area contributed by atoms with Crippen LogP contribution in [0.5, 0.6) is 0 Å². The summed E-state index contributed by atoms with van der Waals surface area (Å²) >= 11 is 0. The van der Waals surface area contributed by atoms with Crippen LogP contribution in [-0.2, 0) is 14.1 Å². The molecular formula is C29H26N4O2. The maximum atomic E-state index is 13.7. The Kier molecular flexibility index (Phi) is 4.61. The van der Waals surface area contributed by atoms with E-state index in [4.69, 9.17) is 0 Å². The van der Waals surface area contributed by atoms with Gasteiger partial charge in [-0.05, 0) is 43.2 Å². The van der Waals surface area contributed by atoms with Gasteiger partial charge in [-0.2, -0.15) is 0 Å². The number of aromatic nitrogens is 3. The minimum atomic E-state index is -0.340. The third kappa shape index (κ3) is 3.03. The summed E-state index contributed by atoms with van der Waals surface area (Å²) in [5.74, 6) is 0. The van der Waals surface area contributed by atoms with Gasteiger partial charge in [0.1, 0.15) is 0 Å². The van der Waals surface area contributed by atoms with E-state index in [1.54, 1.807) is 18.7 Å². The molecule has 1 atom stereocenters. The highest BCUT2D eigenvalue weighted by Gasteiger charge is 2.34. The summed E-state index contributed by atoms with van der Waals surface area (Å²) in [6, 6.07) is 24.4. The van der Waals surface area contributed by atoms with Crippen molar-refractivity contribution in [2.45, 2.75) is 19.9 Å². The summed E-state index contributed by atoms with van der Waals surface area (Å²) in [5.41, 5.74) is 7.92. The molecule has 0 aliphatic carbocycles. The summed E-state index contributed by atoms with van der Waals surface area (Å²) < 4.78 is 4.99. The van der Waals surface area contributed by atoms with Gasteiger partial charge in [-0.25, -0.2) is 4.79 Å². The molecule has 5 aromatic rings. The van der Waals surface area contributed by atoms with Crippen LogP contribution < -0.4 is 16.6 Å². The number of nitrogens with one attached hydrogen (secondary N) is 1. The standard InChI is InChI=1S/C29H26N4O2/c1-17-12-14-19(15-13-17)24-27-26-23(28(34)32(4)29(35)31(26)3)25(20-9-7-8-18(2)16-20)33(27)22-11-6-5-10-21(22)30-24/h5-16,24,30H,1-4H3. The molecule has 0 radical (unpaired) electrons. The zero-order valence-electron chi connectivity index (χ0n) is 20.2. The molecule has 6 nitrogen and oxygen atoms in total. The molecule has 6 heteroatoms. The van der Waals surface area contributed by atoms with Crippen molar-refractivity contribution in [3.05, 3.63) is 116 Å². The lowest BCUT2D eigenvalue weighted by atomic mass is 9.98. The van der Waals surface area contributed by atoms with Crippen LogP contribution in [0.2, 0.25) is 0 Å². The fraction of sp³-hybridized carbons (Fsp3) is 0.172. The van der Waals surface area contributed by atoms with Crippen LogP contribution in [0.4, 0.5) is 5.69 Å². The van der Waals surface area contributed by atoms with Gasteiger partial charge in [0.25, 0.3) is 5.56 Å². The van der Waals surface area contributed by atoms with Gasteiger partial charge in [0, 0.05) is 14.1 Å². The lowest BCUT2D eigenvalue weighted by Gasteiger charge is -2.31. The molecule has 174 valence electrons. The molecule has 3 aromatic carbocycles. The number of fused-ring (bicyclic) bond motifs is 5. The Morgan fingerprint density at radius 2 is 1.54 bits per heavy atom. The second kappa shape index (κ2) is 7.60. The maximum Gasteiger partial charge on any atom is 0.331 e. The van der Waals surface area contributed by atoms with Crippen LogP contribution in [0.3, 0.4) is 0 Å². The summed E-state index contributed by atoms with van der Waals surface area (Å²) in [6.45, 7) is 4.11. The zero-order chi connectivity index (χ0) is 24.4. The minimum Gasteiger partial charge on any atom is -0.371 e. The molecule has 2 aromatic heterocycles. The first-order valence-electron chi connectivity index (χ1n) is 11.7. The van der Waals surface area contributed by atoms with Crippen molar-refractivity contribution in [1.82, 2.24) is 13.7 Å². The molecule has 3 heterocycles. The van der Waals surface area contributed by atoms with E-state index in [0.29, 0.717) is 10.9 Å². The molecule has 1 aliphatic rings. The summed E-state index contributed by atoms with van der Waals surface area (Å²) in [4.78, 5) is 26.8. The van der Waals surface area contributed by atoms with E-state index in [1.165, 1.54) is 10.1 Å². The number of aryl methyl sites for hydroxylation is 3. The van der Waals surface area contributed by atoms with Crippen LogP contribution in [0, 0.1) is 13.8 Å². The highest BCUT2D eigenvalue weighted by atomic mass is 16.2. The largest absolute Gasteiger partial charge is 0.371 e. The lowest BCUT2D eigenvalue weighted by Crippen LogP contribution is -2.37. The van der Waals surface area contributed by atoms with E-state index in [9.17, 15) is 9.59 Å². The molecule has 0 saturated heterocycles. The van der Waals surface area contributed by atoms with Crippen molar-refractivity contribution in [1.29, 1.82) is 0 Å². The number of hydrogen-bond donors (Lipinski definition) is 1. The summed E-state index contributed by atoms with van der Waals surface area (Å²) in [5, 5.41) is 4.24. The molecule has 0 amide bonds. The van der Waals surface area contributed by atoms with Gasteiger partial charge in [0.05, 0.1) is 39.7 Å².